The van der Waals surface area contributed by atoms with E-state index >= 15 is 0 Å². The second kappa shape index (κ2) is 4.28. The van der Waals surface area contributed by atoms with Crippen molar-refractivity contribution in [3.05, 3.63) is 0 Å². The van der Waals surface area contributed by atoms with Gasteiger partial charge in [-0.3, -0.25) is 19.8 Å². The van der Waals surface area contributed by atoms with E-state index in [0.29, 0.717) is 19.0 Å². The van der Waals surface area contributed by atoms with E-state index in [-0.39, 0.29) is 17.9 Å². The summed E-state index contributed by atoms with van der Waals surface area (Å²) in [4.78, 5) is 24.3. The maximum absolute atomic E-state index is 11.2. The molecule has 0 spiro atoms. The molecule has 1 N–H and O–H groups in total. The number of hydrogen-bond acceptors (Lipinski definition) is 4. The lowest BCUT2D eigenvalue weighted by Crippen LogP contribution is -2.55. The van der Waals surface area contributed by atoms with Gasteiger partial charge < -0.3 is 4.74 Å². The van der Waals surface area contributed by atoms with E-state index in [1.54, 1.807) is 0 Å². The minimum atomic E-state index is -0.197. The number of piperazine rings is 1. The second-order valence-electron chi connectivity index (χ2n) is 4.24. The first kappa shape index (κ1) is 10.6. The van der Waals surface area contributed by atoms with E-state index in [9.17, 15) is 9.59 Å². The van der Waals surface area contributed by atoms with Gasteiger partial charge in [-0.05, 0) is 19.3 Å². The summed E-state index contributed by atoms with van der Waals surface area (Å²) in [6.45, 7) is 4.24. The van der Waals surface area contributed by atoms with Crippen LogP contribution in [0.5, 0.6) is 0 Å². The molecule has 2 unspecified atom stereocenters. The van der Waals surface area contributed by atoms with Crippen molar-refractivity contribution in [2.45, 2.75) is 19.4 Å². The Morgan fingerprint density at radius 1 is 1.40 bits per heavy atom. The first-order valence-corrected chi connectivity index (χ1v) is 5.31. The molecule has 5 nitrogen and oxygen atoms in total. The fraction of sp³-hybridized carbons (Fsp3) is 0.800. The first-order chi connectivity index (χ1) is 7.16. The van der Waals surface area contributed by atoms with Crippen LogP contribution in [0.3, 0.4) is 0 Å². The van der Waals surface area contributed by atoms with Crippen LogP contribution in [0.15, 0.2) is 0 Å². The van der Waals surface area contributed by atoms with Crippen LogP contribution in [-0.4, -0.2) is 49.1 Å². The van der Waals surface area contributed by atoms with Crippen LogP contribution < -0.4 is 5.32 Å². The van der Waals surface area contributed by atoms with Crippen LogP contribution in [0, 0.1) is 5.92 Å². The van der Waals surface area contributed by atoms with Crippen LogP contribution in [0.1, 0.15) is 13.3 Å². The summed E-state index contributed by atoms with van der Waals surface area (Å²) in [5.74, 6) is 0.0535. The second-order valence-corrected chi connectivity index (χ2v) is 4.24. The van der Waals surface area contributed by atoms with Crippen LogP contribution in [0.25, 0.3) is 0 Å². The van der Waals surface area contributed by atoms with E-state index in [1.807, 2.05) is 4.90 Å². The van der Waals surface area contributed by atoms with Crippen molar-refractivity contribution < 1.29 is 14.3 Å². The third kappa shape index (κ3) is 2.35. The standard InChI is InChI=1S/C10H16N2O3/c1-7(8-2-3-15-6-8)12-4-9(13)11-10(14)5-12/h7-8H,2-6H2,1H3,(H,11,13,14). The molecule has 0 aromatic rings. The Morgan fingerprint density at radius 3 is 2.60 bits per heavy atom. The lowest BCUT2D eigenvalue weighted by molar-refractivity contribution is -0.137. The number of hydrogen-bond donors (Lipinski definition) is 1. The summed E-state index contributed by atoms with van der Waals surface area (Å²) in [6, 6.07) is 0.238. The normalized spacial score (nSPS) is 30.3. The number of carbonyl (C=O) groups excluding carboxylic acids is 2. The number of imide groups is 1. The summed E-state index contributed by atoms with van der Waals surface area (Å²) in [5.41, 5.74) is 0. The Hall–Kier alpha value is -0.940. The topological polar surface area (TPSA) is 58.6 Å². The molecule has 0 aliphatic carbocycles. The molecule has 2 saturated heterocycles. The summed E-state index contributed by atoms with van der Waals surface area (Å²) >= 11 is 0. The SMILES string of the molecule is CC(C1CCOC1)N1CC(=O)NC(=O)C1. The fourth-order valence-corrected chi connectivity index (χ4v) is 2.18. The van der Waals surface area contributed by atoms with E-state index in [4.69, 9.17) is 4.74 Å². The number of ether oxygens (including phenoxy) is 1. The summed E-state index contributed by atoms with van der Waals surface area (Å²) < 4.78 is 5.31. The van der Waals surface area contributed by atoms with Crippen LogP contribution in [0.2, 0.25) is 0 Å². The zero-order chi connectivity index (χ0) is 10.8. The van der Waals surface area contributed by atoms with E-state index in [0.717, 1.165) is 19.6 Å². The Kier molecular flexibility index (Phi) is 3.02. The van der Waals surface area contributed by atoms with E-state index in [2.05, 4.69) is 12.2 Å². The van der Waals surface area contributed by atoms with E-state index < -0.39 is 0 Å². The highest BCUT2D eigenvalue weighted by molar-refractivity contribution is 5.99. The summed E-state index contributed by atoms with van der Waals surface area (Å²) in [6.07, 6.45) is 1.02. The van der Waals surface area contributed by atoms with Crippen LogP contribution in [0.4, 0.5) is 0 Å². The minimum absolute atomic E-state index is 0.197. The maximum Gasteiger partial charge on any atom is 0.240 e. The Morgan fingerprint density at radius 2 is 2.07 bits per heavy atom. The number of amides is 2. The molecule has 2 heterocycles. The monoisotopic (exact) mass is 212 g/mol. The number of carbonyl (C=O) groups is 2. The van der Waals surface area contributed by atoms with Gasteiger partial charge in [-0.15, -0.1) is 0 Å². The van der Waals surface area contributed by atoms with Gasteiger partial charge in [0.15, 0.2) is 0 Å². The van der Waals surface area contributed by atoms with Crippen molar-refractivity contribution in [1.29, 1.82) is 0 Å². The van der Waals surface area contributed by atoms with Crippen molar-refractivity contribution in [1.82, 2.24) is 10.2 Å². The van der Waals surface area contributed by atoms with Gasteiger partial charge in [0.05, 0.1) is 19.7 Å². The Labute approximate surface area is 88.8 Å². The predicted molar refractivity (Wildman–Crippen MR) is 53.1 cm³/mol. The molecule has 2 aliphatic heterocycles. The molecule has 2 fully saturated rings. The van der Waals surface area contributed by atoms with E-state index in [1.165, 1.54) is 0 Å². The van der Waals surface area contributed by atoms with Crippen molar-refractivity contribution in [2.24, 2.45) is 5.92 Å². The number of rotatable bonds is 2. The highest BCUT2D eigenvalue weighted by Gasteiger charge is 2.32. The number of nitrogens with zero attached hydrogens (tertiary/aromatic N) is 1. The van der Waals surface area contributed by atoms with Gasteiger partial charge in [0.1, 0.15) is 0 Å². The van der Waals surface area contributed by atoms with Crippen LogP contribution in [-0.2, 0) is 14.3 Å². The smallest absolute Gasteiger partial charge is 0.240 e. The van der Waals surface area contributed by atoms with Gasteiger partial charge >= 0.3 is 0 Å². The van der Waals surface area contributed by atoms with Crippen LogP contribution >= 0.6 is 0 Å². The molecule has 2 aliphatic rings. The van der Waals surface area contributed by atoms with Crippen molar-refractivity contribution >= 4 is 11.8 Å². The van der Waals surface area contributed by atoms with Crippen molar-refractivity contribution in [3.8, 4) is 0 Å². The lowest BCUT2D eigenvalue weighted by Gasteiger charge is -2.33. The van der Waals surface area contributed by atoms with Gasteiger partial charge in [0, 0.05) is 12.6 Å². The zero-order valence-corrected chi connectivity index (χ0v) is 8.86. The first-order valence-electron chi connectivity index (χ1n) is 5.31. The molecule has 2 rings (SSSR count). The molecule has 15 heavy (non-hydrogen) atoms. The Bertz CT molecular complexity index is 258. The van der Waals surface area contributed by atoms with Gasteiger partial charge in [0.2, 0.25) is 11.8 Å². The summed E-state index contributed by atoms with van der Waals surface area (Å²) in [5, 5.41) is 2.30. The third-order valence-electron chi connectivity index (χ3n) is 3.20. The molecular weight excluding hydrogens is 196 g/mol. The molecular formula is C10H16N2O3. The molecule has 0 radical (unpaired) electrons. The largest absolute Gasteiger partial charge is 0.381 e. The Balaban J connectivity index is 1.96. The lowest BCUT2D eigenvalue weighted by atomic mass is 9.98. The number of nitrogens with one attached hydrogen (secondary N) is 1. The quantitative estimate of drug-likeness (QED) is 0.619. The average molecular weight is 212 g/mol. The molecule has 2 atom stereocenters. The third-order valence-corrected chi connectivity index (χ3v) is 3.20. The molecule has 0 bridgehead atoms. The molecule has 0 saturated carbocycles. The van der Waals surface area contributed by atoms with Gasteiger partial charge in [-0.2, -0.15) is 0 Å². The van der Waals surface area contributed by atoms with Gasteiger partial charge in [-0.25, -0.2) is 0 Å². The highest BCUT2D eigenvalue weighted by atomic mass is 16.5. The molecule has 0 aromatic carbocycles. The van der Waals surface area contributed by atoms with Crippen molar-refractivity contribution in [2.75, 3.05) is 26.3 Å². The molecule has 0 aromatic heterocycles. The van der Waals surface area contributed by atoms with Gasteiger partial charge in [-0.1, -0.05) is 0 Å². The zero-order valence-electron chi connectivity index (χ0n) is 8.86. The maximum atomic E-state index is 11.2. The molecule has 84 valence electrons. The highest BCUT2D eigenvalue weighted by Crippen LogP contribution is 2.21. The molecule has 5 heteroatoms. The average Bonchev–Trinajstić information content (AvgIpc) is 2.67. The minimum Gasteiger partial charge on any atom is -0.381 e. The molecule has 2 amide bonds. The van der Waals surface area contributed by atoms with Gasteiger partial charge in [0.25, 0.3) is 0 Å². The fourth-order valence-electron chi connectivity index (χ4n) is 2.18. The van der Waals surface area contributed by atoms with Crippen molar-refractivity contribution in [3.63, 3.8) is 0 Å². The summed E-state index contributed by atoms with van der Waals surface area (Å²) in [7, 11) is 0. The predicted octanol–water partition coefficient (Wildman–Crippen LogP) is -0.630.